The molecule has 3 rings (SSSR count). The molecule has 1 aromatic rings. The summed E-state index contributed by atoms with van der Waals surface area (Å²) in [5, 5.41) is 1.66. The van der Waals surface area contributed by atoms with Crippen molar-refractivity contribution in [2.75, 3.05) is 13.3 Å². The largest absolute Gasteiger partial charge is 0.491 e. The van der Waals surface area contributed by atoms with E-state index >= 15 is 0 Å². The van der Waals surface area contributed by atoms with Crippen molar-refractivity contribution < 1.29 is 14.1 Å². The maximum absolute atomic E-state index is 12.0. The van der Waals surface area contributed by atoms with E-state index in [0.29, 0.717) is 5.75 Å². The average molecular weight is 260 g/mol. The molecule has 4 nitrogen and oxygen atoms in total. The molecule has 1 N–H and O–H groups in total. The van der Waals surface area contributed by atoms with E-state index in [1.54, 1.807) is 11.3 Å². The smallest absolute Gasteiger partial charge is 0.123 e. The fraction of sp³-hybridized carbons (Fsp3) is 0.143. The van der Waals surface area contributed by atoms with E-state index in [-0.39, 0.29) is 6.61 Å². The molecule has 0 atom stereocenters. The molecule has 19 heavy (non-hydrogen) atoms. The summed E-state index contributed by atoms with van der Waals surface area (Å²) < 4.78 is 17.2. The van der Waals surface area contributed by atoms with Crippen LogP contribution in [0.15, 0.2) is 54.5 Å². The molecule has 0 bridgehead atoms. The first-order chi connectivity index (χ1) is 9.38. The molecule has 0 saturated carbocycles. The van der Waals surface area contributed by atoms with Gasteiger partial charge in [-0.2, -0.15) is 4.94 Å². The molecule has 2 heterocycles. The van der Waals surface area contributed by atoms with Crippen LogP contribution in [0.1, 0.15) is 5.56 Å². The zero-order valence-corrected chi connectivity index (χ0v) is 10.2. The Morgan fingerprint density at radius 1 is 1.26 bits per heavy atom. The first-order valence-corrected chi connectivity index (χ1v) is 5.98. The van der Waals surface area contributed by atoms with Crippen LogP contribution in [0.4, 0.5) is 4.39 Å². The number of nitrogens with one attached hydrogen (secondary N) is 1. The minimum absolute atomic E-state index is 0.0848. The van der Waals surface area contributed by atoms with E-state index in [9.17, 15) is 4.39 Å². The molecule has 0 fully saturated rings. The van der Waals surface area contributed by atoms with Crippen molar-refractivity contribution in [1.82, 2.24) is 10.5 Å². The summed E-state index contributed by atoms with van der Waals surface area (Å²) in [6.07, 6.45) is 7.54. The Morgan fingerprint density at radius 3 is 2.89 bits per heavy atom. The number of benzene rings is 1. The molecular formula is C14H13FN2O2. The van der Waals surface area contributed by atoms with E-state index in [4.69, 9.17) is 9.68 Å². The lowest BCUT2D eigenvalue weighted by Crippen LogP contribution is -2.16. The highest BCUT2D eigenvalue weighted by molar-refractivity contribution is 5.80. The third-order valence-corrected chi connectivity index (χ3v) is 2.86. The average Bonchev–Trinajstić information content (AvgIpc) is 2.94. The molecular weight excluding hydrogens is 247 g/mol. The molecule has 0 unspecified atom stereocenters. The van der Waals surface area contributed by atoms with Crippen LogP contribution in [0.3, 0.4) is 0 Å². The fourth-order valence-corrected chi connectivity index (χ4v) is 1.99. The lowest BCUT2D eigenvalue weighted by Gasteiger charge is -2.19. The maximum Gasteiger partial charge on any atom is 0.123 e. The maximum atomic E-state index is 12.0. The number of nitrogens with zero attached hydrogens (tertiary/aromatic N) is 1. The number of fused-ring (bicyclic) bond motifs is 1. The quantitative estimate of drug-likeness (QED) is 0.902. The molecule has 0 aromatic heterocycles. The standard InChI is InChI=1S/C14H13FN2O2/c15-7-9-18-12-5-3-11(4-6-12)13-2-1-8-17-14(13)10-16-19-17/h1-6,8,10,16H,7,9H2. The number of alkyl halides is 1. The van der Waals surface area contributed by atoms with Crippen molar-refractivity contribution in [2.24, 2.45) is 0 Å². The van der Waals surface area contributed by atoms with Gasteiger partial charge in [0.25, 0.3) is 0 Å². The zero-order valence-electron chi connectivity index (χ0n) is 10.2. The third-order valence-electron chi connectivity index (χ3n) is 2.86. The number of ether oxygens (including phenoxy) is 1. The number of hydrogen-bond acceptors (Lipinski definition) is 4. The van der Waals surface area contributed by atoms with Gasteiger partial charge in [-0.05, 0) is 23.8 Å². The lowest BCUT2D eigenvalue weighted by molar-refractivity contribution is -0.111. The molecule has 5 heteroatoms. The molecule has 1 aromatic carbocycles. The van der Waals surface area contributed by atoms with Gasteiger partial charge in [0.15, 0.2) is 0 Å². The highest BCUT2D eigenvalue weighted by Gasteiger charge is 2.21. The number of halogens is 1. The summed E-state index contributed by atoms with van der Waals surface area (Å²) in [6.45, 7) is -0.399. The molecule has 0 amide bonds. The second-order valence-corrected chi connectivity index (χ2v) is 4.05. The van der Waals surface area contributed by atoms with Gasteiger partial charge < -0.3 is 4.74 Å². The van der Waals surface area contributed by atoms with Crippen molar-refractivity contribution in [3.63, 3.8) is 0 Å². The van der Waals surface area contributed by atoms with Crippen molar-refractivity contribution >= 4 is 5.57 Å². The van der Waals surface area contributed by atoms with Crippen LogP contribution in [0, 0.1) is 0 Å². The predicted molar refractivity (Wildman–Crippen MR) is 69.2 cm³/mol. The van der Waals surface area contributed by atoms with E-state index < -0.39 is 6.67 Å². The minimum Gasteiger partial charge on any atom is -0.491 e. The first-order valence-electron chi connectivity index (χ1n) is 5.98. The van der Waals surface area contributed by atoms with Gasteiger partial charge in [0.2, 0.25) is 0 Å². The fourth-order valence-electron chi connectivity index (χ4n) is 1.99. The van der Waals surface area contributed by atoms with E-state index in [2.05, 4.69) is 5.48 Å². The molecule has 2 aliphatic heterocycles. The van der Waals surface area contributed by atoms with E-state index in [0.717, 1.165) is 16.8 Å². The Kier molecular flexibility index (Phi) is 3.20. The van der Waals surface area contributed by atoms with Crippen LogP contribution < -0.4 is 10.2 Å². The summed E-state index contributed by atoms with van der Waals surface area (Å²) in [6, 6.07) is 7.54. The van der Waals surface area contributed by atoms with Crippen molar-refractivity contribution in [3.8, 4) is 5.75 Å². The first kappa shape index (κ1) is 11.8. The van der Waals surface area contributed by atoms with Crippen LogP contribution in [-0.2, 0) is 4.94 Å². The third kappa shape index (κ3) is 2.32. The zero-order chi connectivity index (χ0) is 13.1. The monoisotopic (exact) mass is 260 g/mol. The molecule has 0 radical (unpaired) electrons. The topological polar surface area (TPSA) is 33.7 Å². The highest BCUT2D eigenvalue weighted by Crippen LogP contribution is 2.31. The van der Waals surface area contributed by atoms with Gasteiger partial charge in [0.1, 0.15) is 19.0 Å². The van der Waals surface area contributed by atoms with Gasteiger partial charge in [-0.3, -0.25) is 0 Å². The summed E-state index contributed by atoms with van der Waals surface area (Å²) in [5.74, 6) is 0.667. The predicted octanol–water partition coefficient (Wildman–Crippen LogP) is 2.54. The van der Waals surface area contributed by atoms with Crippen molar-refractivity contribution in [3.05, 3.63) is 60.1 Å². The molecule has 0 saturated heterocycles. The number of allylic oxidation sites excluding steroid dienone is 3. The van der Waals surface area contributed by atoms with Gasteiger partial charge >= 0.3 is 0 Å². The molecule has 98 valence electrons. The highest BCUT2D eigenvalue weighted by atomic mass is 19.1. The normalized spacial score (nSPS) is 16.6. The van der Waals surface area contributed by atoms with Crippen molar-refractivity contribution in [2.45, 2.75) is 0 Å². The number of rotatable bonds is 4. The van der Waals surface area contributed by atoms with Gasteiger partial charge in [-0.25, -0.2) is 14.9 Å². The van der Waals surface area contributed by atoms with Gasteiger partial charge in [-0.15, -0.1) is 0 Å². The Balaban J connectivity index is 1.82. The summed E-state index contributed by atoms with van der Waals surface area (Å²) in [7, 11) is 0. The molecule has 0 aliphatic carbocycles. The summed E-state index contributed by atoms with van der Waals surface area (Å²) >= 11 is 0. The molecule has 0 spiro atoms. The second kappa shape index (κ2) is 5.16. The summed E-state index contributed by atoms with van der Waals surface area (Å²) in [5.41, 5.74) is 5.74. The van der Waals surface area contributed by atoms with Crippen LogP contribution >= 0.6 is 0 Å². The van der Waals surface area contributed by atoms with E-state index in [1.807, 2.05) is 42.6 Å². The second-order valence-electron chi connectivity index (χ2n) is 4.05. The minimum atomic E-state index is -0.484. The van der Waals surface area contributed by atoms with Gasteiger partial charge in [0, 0.05) is 11.8 Å². The Morgan fingerprint density at radius 2 is 2.11 bits per heavy atom. The lowest BCUT2D eigenvalue weighted by atomic mass is 10.0. The number of hydroxylamine groups is 3. The Hall–Kier alpha value is -2.27. The number of hydrogen-bond donors (Lipinski definition) is 1. The SMILES string of the molecule is FCCOc1ccc(C2=CC=CN3ONC=C23)cc1. The Bertz CT molecular complexity index is 549. The van der Waals surface area contributed by atoms with Crippen LogP contribution in [-0.4, -0.2) is 18.3 Å². The van der Waals surface area contributed by atoms with E-state index in [1.165, 1.54) is 0 Å². The Labute approximate surface area is 110 Å². The van der Waals surface area contributed by atoms with Crippen LogP contribution in [0.2, 0.25) is 0 Å². The van der Waals surface area contributed by atoms with Crippen LogP contribution in [0.25, 0.3) is 5.57 Å². The van der Waals surface area contributed by atoms with Crippen molar-refractivity contribution in [1.29, 1.82) is 0 Å². The van der Waals surface area contributed by atoms with Gasteiger partial charge in [0.05, 0.1) is 11.9 Å². The van der Waals surface area contributed by atoms with Crippen LogP contribution in [0.5, 0.6) is 5.75 Å². The van der Waals surface area contributed by atoms with Gasteiger partial charge in [-0.1, -0.05) is 18.2 Å². The molecule has 2 aliphatic rings. The summed E-state index contributed by atoms with van der Waals surface area (Å²) in [4.78, 5) is 5.18.